The molecule has 0 unspecified atom stereocenters. The van der Waals surface area contributed by atoms with Gasteiger partial charge in [-0.25, -0.2) is 0 Å². The minimum atomic E-state index is -0.0816. The van der Waals surface area contributed by atoms with Crippen LogP contribution in [0, 0.1) is 13.8 Å². The Labute approximate surface area is 386 Å². The lowest BCUT2D eigenvalue weighted by atomic mass is 9.70. The minimum Gasteiger partial charge on any atom is -0.0654 e. The molecule has 326 valence electrons. The molecule has 0 aromatic heterocycles. The van der Waals surface area contributed by atoms with E-state index in [1.54, 1.807) is 11.1 Å². The summed E-state index contributed by atoms with van der Waals surface area (Å²) < 4.78 is 0. The lowest BCUT2D eigenvalue weighted by Crippen LogP contribution is -2.25. The summed E-state index contributed by atoms with van der Waals surface area (Å²) in [7, 11) is 0. The van der Waals surface area contributed by atoms with Gasteiger partial charge in [0.15, 0.2) is 0 Å². The zero-order chi connectivity index (χ0) is 44.3. The van der Waals surface area contributed by atoms with Crippen LogP contribution < -0.4 is 0 Å². The van der Waals surface area contributed by atoms with Crippen molar-refractivity contribution in [3.63, 3.8) is 0 Å². The quantitative estimate of drug-likeness (QED) is 0.0755. The normalized spacial score (nSPS) is 14.0. The van der Waals surface area contributed by atoms with Gasteiger partial charge in [-0.2, -0.15) is 0 Å². The number of hydrogen-bond donors (Lipinski definition) is 0. The molecule has 2 aliphatic rings. The van der Waals surface area contributed by atoms with Crippen molar-refractivity contribution < 1.29 is 0 Å². The summed E-state index contributed by atoms with van der Waals surface area (Å²) in [5, 5.41) is 0. The highest BCUT2D eigenvalue weighted by Crippen LogP contribution is 2.56. The molecule has 0 spiro atoms. The second kappa shape index (κ2) is 18.9. The molecule has 0 atom stereocenters. The molecular formula is C64H70. The van der Waals surface area contributed by atoms with E-state index in [2.05, 4.69) is 187 Å². The predicted octanol–water partition coefficient (Wildman–Crippen LogP) is 19.0. The average molecular weight is 839 g/mol. The number of benzene rings is 7. The Balaban J connectivity index is 1.04. The summed E-state index contributed by atoms with van der Waals surface area (Å²) >= 11 is 0. The van der Waals surface area contributed by atoms with Crippen LogP contribution in [-0.2, 0) is 10.8 Å². The molecule has 0 saturated carbocycles. The van der Waals surface area contributed by atoms with Crippen LogP contribution in [0.3, 0.4) is 0 Å². The SMILES string of the molecule is CCCCCCCCC1(CCCCCCCC)c2cc(-c3ccc(C)cc3)ccc2-c2ccc(-c3ccc(-c4ccc5c(c4)C(C)(C)c4cc(-c6ccc(C)cc6)ccc4-5)cc3)cc21. The van der Waals surface area contributed by atoms with Crippen LogP contribution in [0.5, 0.6) is 0 Å². The van der Waals surface area contributed by atoms with E-state index in [4.69, 9.17) is 0 Å². The first-order valence-corrected chi connectivity index (χ1v) is 25.0. The fraction of sp³-hybridized carbons (Fsp3) is 0.344. The molecule has 0 amide bonds. The maximum Gasteiger partial charge on any atom is 0.0215 e. The van der Waals surface area contributed by atoms with E-state index >= 15 is 0 Å². The molecule has 7 aromatic rings. The van der Waals surface area contributed by atoms with E-state index in [0.717, 1.165) is 0 Å². The Hall–Kier alpha value is -5.46. The van der Waals surface area contributed by atoms with Gasteiger partial charge in [0.05, 0.1) is 0 Å². The van der Waals surface area contributed by atoms with Crippen LogP contribution in [0.1, 0.15) is 151 Å². The molecule has 9 rings (SSSR count). The van der Waals surface area contributed by atoms with Crippen molar-refractivity contribution in [3.05, 3.63) is 179 Å². The van der Waals surface area contributed by atoms with E-state index in [1.165, 1.54) is 179 Å². The molecule has 0 fully saturated rings. The maximum absolute atomic E-state index is 2.62. The van der Waals surface area contributed by atoms with Crippen molar-refractivity contribution in [2.24, 2.45) is 0 Å². The van der Waals surface area contributed by atoms with Gasteiger partial charge < -0.3 is 0 Å². The van der Waals surface area contributed by atoms with E-state index in [1.807, 2.05) is 0 Å². The summed E-state index contributed by atoms with van der Waals surface area (Å²) in [5.74, 6) is 0. The van der Waals surface area contributed by atoms with Crippen molar-refractivity contribution in [2.45, 2.75) is 142 Å². The highest BCUT2D eigenvalue weighted by atomic mass is 14.5. The topological polar surface area (TPSA) is 0 Å². The number of fused-ring (bicyclic) bond motifs is 6. The highest BCUT2D eigenvalue weighted by Gasteiger charge is 2.43. The number of aryl methyl sites for hydroxylation is 2. The fourth-order valence-corrected chi connectivity index (χ4v) is 11.4. The first kappa shape index (κ1) is 43.8. The molecule has 0 N–H and O–H groups in total. The van der Waals surface area contributed by atoms with Crippen molar-refractivity contribution in [1.82, 2.24) is 0 Å². The van der Waals surface area contributed by atoms with Crippen LogP contribution in [0.15, 0.2) is 146 Å². The van der Waals surface area contributed by atoms with Gasteiger partial charge in [-0.1, -0.05) is 237 Å². The summed E-state index contributed by atoms with van der Waals surface area (Å²) in [4.78, 5) is 0. The van der Waals surface area contributed by atoms with E-state index in [0.29, 0.717) is 0 Å². The standard InChI is InChI=1S/C64H70/c1-7-9-11-13-15-17-39-64(40-18-16-14-12-10-8-2)61-43-53(48-25-21-46(4)22-26-48)33-37-57(61)58-38-34-54(44-62(58)64)50-29-27-49(28-30-50)52-32-36-56-55-35-31-51(47-23-19-45(3)20-24-47)41-59(55)63(5,6)60(56)42-52/h19-38,41-44H,7-18,39-40H2,1-6H3. The lowest BCUT2D eigenvalue weighted by molar-refractivity contribution is 0.398. The molecule has 7 aromatic carbocycles. The molecule has 0 nitrogen and oxygen atoms in total. The van der Waals surface area contributed by atoms with Crippen LogP contribution in [-0.4, -0.2) is 0 Å². The lowest BCUT2D eigenvalue weighted by Gasteiger charge is -2.33. The Morgan fingerprint density at radius 1 is 0.297 bits per heavy atom. The zero-order valence-electron chi connectivity index (χ0n) is 39.8. The Bertz CT molecular complexity index is 2690. The van der Waals surface area contributed by atoms with Gasteiger partial charge in [-0.3, -0.25) is 0 Å². The maximum atomic E-state index is 2.62. The van der Waals surface area contributed by atoms with Crippen molar-refractivity contribution >= 4 is 0 Å². The summed E-state index contributed by atoms with van der Waals surface area (Å²) in [6.07, 6.45) is 18.4. The molecular weight excluding hydrogens is 769 g/mol. The minimum absolute atomic E-state index is 0.0204. The van der Waals surface area contributed by atoms with Gasteiger partial charge in [0.1, 0.15) is 0 Å². The average Bonchev–Trinajstić information content (AvgIpc) is 3.72. The molecule has 0 radical (unpaired) electrons. The molecule has 0 bridgehead atoms. The summed E-state index contributed by atoms with van der Waals surface area (Å²) in [6.45, 7) is 13.8. The largest absolute Gasteiger partial charge is 0.0654 e. The molecule has 0 heterocycles. The van der Waals surface area contributed by atoms with Crippen molar-refractivity contribution in [1.29, 1.82) is 0 Å². The number of rotatable bonds is 18. The van der Waals surface area contributed by atoms with Crippen LogP contribution >= 0.6 is 0 Å². The zero-order valence-corrected chi connectivity index (χ0v) is 39.8. The molecule has 0 heteroatoms. The predicted molar refractivity (Wildman–Crippen MR) is 277 cm³/mol. The van der Waals surface area contributed by atoms with Crippen LogP contribution in [0.25, 0.3) is 66.8 Å². The highest BCUT2D eigenvalue weighted by molar-refractivity contribution is 5.88. The Kier molecular flexibility index (Phi) is 13.0. The van der Waals surface area contributed by atoms with Gasteiger partial charge in [0, 0.05) is 10.8 Å². The Morgan fingerprint density at radius 3 is 0.906 bits per heavy atom. The monoisotopic (exact) mass is 839 g/mol. The summed E-state index contributed by atoms with van der Waals surface area (Å²) in [6, 6.07) is 56.7. The van der Waals surface area contributed by atoms with Crippen LogP contribution in [0.4, 0.5) is 0 Å². The van der Waals surface area contributed by atoms with Gasteiger partial charge in [0.25, 0.3) is 0 Å². The van der Waals surface area contributed by atoms with Crippen molar-refractivity contribution in [2.75, 3.05) is 0 Å². The van der Waals surface area contributed by atoms with E-state index in [-0.39, 0.29) is 10.8 Å². The fourth-order valence-electron chi connectivity index (χ4n) is 11.4. The third-order valence-corrected chi connectivity index (χ3v) is 15.3. The third-order valence-electron chi connectivity index (χ3n) is 15.3. The van der Waals surface area contributed by atoms with Gasteiger partial charge in [-0.15, -0.1) is 0 Å². The smallest absolute Gasteiger partial charge is 0.0215 e. The van der Waals surface area contributed by atoms with Crippen LogP contribution in [0.2, 0.25) is 0 Å². The van der Waals surface area contributed by atoms with E-state index < -0.39 is 0 Å². The summed E-state index contributed by atoms with van der Waals surface area (Å²) in [5.41, 5.74) is 24.6. The second-order valence-electron chi connectivity index (χ2n) is 20.1. The van der Waals surface area contributed by atoms with Gasteiger partial charge >= 0.3 is 0 Å². The molecule has 2 aliphatic carbocycles. The van der Waals surface area contributed by atoms with E-state index in [9.17, 15) is 0 Å². The Morgan fingerprint density at radius 2 is 0.562 bits per heavy atom. The number of hydrogen-bond acceptors (Lipinski definition) is 0. The molecule has 0 aliphatic heterocycles. The van der Waals surface area contributed by atoms with Crippen molar-refractivity contribution in [3.8, 4) is 66.8 Å². The first-order chi connectivity index (χ1) is 31.2. The molecule has 64 heavy (non-hydrogen) atoms. The number of unbranched alkanes of at least 4 members (excludes halogenated alkanes) is 10. The first-order valence-electron chi connectivity index (χ1n) is 25.0. The second-order valence-corrected chi connectivity index (χ2v) is 20.1. The van der Waals surface area contributed by atoms with Gasteiger partial charge in [-0.05, 0) is 140 Å². The molecule has 0 saturated heterocycles. The van der Waals surface area contributed by atoms with Gasteiger partial charge in [0.2, 0.25) is 0 Å². The third kappa shape index (κ3) is 8.58.